The molecule has 2 rings (SSSR count). The van der Waals surface area contributed by atoms with Crippen LogP contribution in [0.15, 0.2) is 0 Å². The van der Waals surface area contributed by atoms with Crippen LogP contribution < -0.4 is 0 Å². The first-order chi connectivity index (χ1) is 6.94. The Bertz CT molecular complexity index is 237. The van der Waals surface area contributed by atoms with Gasteiger partial charge in [0.05, 0.1) is 12.2 Å². The molecule has 0 aliphatic carbocycles. The fraction of sp³-hybridized carbons (Fsp3) is 1.00. The van der Waals surface area contributed by atoms with Crippen molar-refractivity contribution in [1.29, 1.82) is 0 Å². The van der Waals surface area contributed by atoms with Crippen LogP contribution in [0.2, 0.25) is 0 Å². The van der Waals surface area contributed by atoms with Crippen molar-refractivity contribution >= 4 is 0 Å². The van der Waals surface area contributed by atoms with Crippen molar-refractivity contribution in [3.63, 3.8) is 0 Å². The van der Waals surface area contributed by atoms with Crippen LogP contribution in [0.1, 0.15) is 47.0 Å². The molecule has 2 saturated heterocycles. The van der Waals surface area contributed by atoms with E-state index in [0.29, 0.717) is 5.92 Å². The Morgan fingerprint density at radius 2 is 2.07 bits per heavy atom. The Morgan fingerprint density at radius 1 is 1.33 bits per heavy atom. The summed E-state index contributed by atoms with van der Waals surface area (Å²) in [6.07, 6.45) is 3.14. The second-order valence-electron chi connectivity index (χ2n) is 6.03. The van der Waals surface area contributed by atoms with E-state index in [1.54, 1.807) is 0 Å². The highest BCUT2D eigenvalue weighted by Gasteiger charge is 2.53. The number of hydrogen-bond donors (Lipinski definition) is 0. The lowest BCUT2D eigenvalue weighted by Crippen LogP contribution is -2.47. The monoisotopic (exact) mass is 214 g/mol. The molecule has 3 heteroatoms. The van der Waals surface area contributed by atoms with Gasteiger partial charge in [-0.15, -0.1) is 0 Å². The molecule has 0 radical (unpaired) electrons. The van der Waals surface area contributed by atoms with Crippen molar-refractivity contribution in [3.05, 3.63) is 0 Å². The molecule has 0 N–H and O–H groups in total. The van der Waals surface area contributed by atoms with Crippen LogP contribution in [0, 0.1) is 11.3 Å². The van der Waals surface area contributed by atoms with E-state index < -0.39 is 0 Å². The predicted octanol–water partition coefficient (Wildman–Crippen LogP) is 2.90. The second-order valence-corrected chi connectivity index (χ2v) is 6.03. The quantitative estimate of drug-likeness (QED) is 0.661. The molecule has 88 valence electrons. The van der Waals surface area contributed by atoms with E-state index >= 15 is 0 Å². The molecule has 2 atom stereocenters. The average Bonchev–Trinajstić information content (AvgIpc) is 2.42. The van der Waals surface area contributed by atoms with Crippen molar-refractivity contribution in [2.24, 2.45) is 11.3 Å². The molecule has 3 nitrogen and oxygen atoms in total. The Kier molecular flexibility index (Phi) is 2.82. The summed E-state index contributed by atoms with van der Waals surface area (Å²) in [5.41, 5.74) is -0.00495. The Morgan fingerprint density at radius 3 is 2.73 bits per heavy atom. The molecular formula is C12H22O3. The number of ether oxygens (including phenoxy) is 1. The smallest absolute Gasteiger partial charge is 0.197 e. The van der Waals surface area contributed by atoms with Crippen molar-refractivity contribution in [1.82, 2.24) is 0 Å². The zero-order chi connectivity index (χ0) is 11.1. The van der Waals surface area contributed by atoms with Crippen LogP contribution in [0.4, 0.5) is 0 Å². The van der Waals surface area contributed by atoms with Gasteiger partial charge in [0.1, 0.15) is 0 Å². The highest BCUT2D eigenvalue weighted by Crippen LogP contribution is 2.50. The minimum atomic E-state index is -0.181. The van der Waals surface area contributed by atoms with E-state index in [2.05, 4.69) is 27.7 Å². The van der Waals surface area contributed by atoms with Crippen LogP contribution >= 0.6 is 0 Å². The minimum absolute atomic E-state index is 0.145. The van der Waals surface area contributed by atoms with Gasteiger partial charge in [-0.3, -0.25) is 0 Å². The summed E-state index contributed by atoms with van der Waals surface area (Å²) in [5.74, 6) is 0.673. The molecule has 0 aromatic rings. The lowest BCUT2D eigenvalue weighted by atomic mass is 9.71. The van der Waals surface area contributed by atoms with E-state index in [0.717, 1.165) is 25.9 Å². The van der Waals surface area contributed by atoms with E-state index in [-0.39, 0.29) is 17.3 Å². The maximum Gasteiger partial charge on any atom is 0.197 e. The van der Waals surface area contributed by atoms with E-state index in [4.69, 9.17) is 14.5 Å². The molecule has 0 amide bonds. The van der Waals surface area contributed by atoms with Gasteiger partial charge in [-0.2, -0.15) is 0 Å². The second kappa shape index (κ2) is 3.72. The van der Waals surface area contributed by atoms with Gasteiger partial charge in [-0.1, -0.05) is 13.8 Å². The first kappa shape index (κ1) is 11.4. The molecule has 15 heavy (non-hydrogen) atoms. The lowest BCUT2D eigenvalue weighted by molar-refractivity contribution is -0.461. The third-order valence-electron chi connectivity index (χ3n) is 3.32. The predicted molar refractivity (Wildman–Crippen MR) is 57.1 cm³/mol. The fourth-order valence-electron chi connectivity index (χ4n) is 3.10. The van der Waals surface area contributed by atoms with E-state index in [1.165, 1.54) is 0 Å². The molecule has 2 heterocycles. The standard InChI is InChI=1S/C12H22O3/c1-9(2)7-12-5-6-13-10(12)14-15-11(3,4)8-12/h9-10H,5-8H2,1-4H3/t10-,12-/m1/s1. The van der Waals surface area contributed by atoms with Crippen LogP contribution in [-0.4, -0.2) is 18.5 Å². The summed E-state index contributed by atoms with van der Waals surface area (Å²) >= 11 is 0. The van der Waals surface area contributed by atoms with Gasteiger partial charge < -0.3 is 4.74 Å². The Labute approximate surface area is 92.0 Å². The summed E-state index contributed by atoms with van der Waals surface area (Å²) in [6.45, 7) is 9.49. The number of fused-ring (bicyclic) bond motifs is 1. The maximum atomic E-state index is 5.61. The molecule has 0 aromatic heterocycles. The molecule has 2 aliphatic heterocycles. The van der Waals surface area contributed by atoms with Gasteiger partial charge in [0.25, 0.3) is 0 Å². The Balaban J connectivity index is 2.16. The van der Waals surface area contributed by atoms with Crippen molar-refractivity contribution in [3.8, 4) is 0 Å². The SMILES string of the molecule is CC(C)C[C@@]12CCO[C@@H]1OOC(C)(C)C2. The minimum Gasteiger partial charge on any atom is -0.349 e. The number of rotatable bonds is 2. The molecule has 0 saturated carbocycles. The van der Waals surface area contributed by atoms with Crippen molar-refractivity contribution in [2.75, 3.05) is 6.61 Å². The molecule has 0 bridgehead atoms. The maximum absolute atomic E-state index is 5.61. The van der Waals surface area contributed by atoms with Gasteiger partial charge in [0, 0.05) is 5.41 Å². The van der Waals surface area contributed by atoms with Gasteiger partial charge in [0.2, 0.25) is 0 Å². The molecule has 0 aromatic carbocycles. The first-order valence-electron chi connectivity index (χ1n) is 5.90. The fourth-order valence-corrected chi connectivity index (χ4v) is 3.10. The molecule has 2 aliphatic rings. The Hall–Kier alpha value is -0.120. The number of hydrogen-bond acceptors (Lipinski definition) is 3. The third-order valence-corrected chi connectivity index (χ3v) is 3.32. The molecule has 0 spiro atoms. The molecule has 0 unspecified atom stereocenters. The summed E-state index contributed by atoms with van der Waals surface area (Å²) in [6, 6.07) is 0. The normalized spacial score (nSPS) is 39.4. The summed E-state index contributed by atoms with van der Waals surface area (Å²) in [7, 11) is 0. The van der Waals surface area contributed by atoms with Crippen LogP contribution in [-0.2, 0) is 14.5 Å². The van der Waals surface area contributed by atoms with Gasteiger partial charge in [-0.25, -0.2) is 9.78 Å². The highest BCUT2D eigenvalue weighted by molar-refractivity contribution is 4.94. The highest BCUT2D eigenvalue weighted by atomic mass is 17.2. The average molecular weight is 214 g/mol. The summed E-state index contributed by atoms with van der Waals surface area (Å²) in [5, 5.41) is 0. The van der Waals surface area contributed by atoms with Crippen LogP contribution in [0.25, 0.3) is 0 Å². The van der Waals surface area contributed by atoms with E-state index in [9.17, 15) is 0 Å². The zero-order valence-electron chi connectivity index (χ0n) is 10.2. The first-order valence-corrected chi connectivity index (χ1v) is 5.90. The van der Waals surface area contributed by atoms with Crippen molar-refractivity contribution in [2.45, 2.75) is 58.8 Å². The third kappa shape index (κ3) is 2.19. The summed E-state index contributed by atoms with van der Waals surface area (Å²) < 4.78 is 5.61. The van der Waals surface area contributed by atoms with Gasteiger partial charge in [-0.05, 0) is 39.0 Å². The van der Waals surface area contributed by atoms with E-state index in [1.807, 2.05) is 0 Å². The van der Waals surface area contributed by atoms with Gasteiger partial charge >= 0.3 is 0 Å². The lowest BCUT2D eigenvalue weighted by Gasteiger charge is -2.44. The van der Waals surface area contributed by atoms with Crippen LogP contribution in [0.5, 0.6) is 0 Å². The van der Waals surface area contributed by atoms with Crippen molar-refractivity contribution < 1.29 is 14.5 Å². The molecule has 2 fully saturated rings. The topological polar surface area (TPSA) is 27.7 Å². The largest absolute Gasteiger partial charge is 0.349 e. The van der Waals surface area contributed by atoms with Gasteiger partial charge in [0.15, 0.2) is 6.29 Å². The summed E-state index contributed by atoms with van der Waals surface area (Å²) in [4.78, 5) is 10.8. The zero-order valence-corrected chi connectivity index (χ0v) is 10.2. The van der Waals surface area contributed by atoms with Crippen LogP contribution in [0.3, 0.4) is 0 Å². The molecular weight excluding hydrogens is 192 g/mol.